The van der Waals surface area contributed by atoms with Crippen molar-refractivity contribution in [1.29, 1.82) is 0 Å². The first-order chi connectivity index (χ1) is 9.50. The normalized spacial score (nSPS) is 12.5. The average molecular weight is 347 g/mol. The van der Waals surface area contributed by atoms with Gasteiger partial charge in [-0.3, -0.25) is 9.59 Å². The van der Waals surface area contributed by atoms with Crippen molar-refractivity contribution in [2.75, 3.05) is 11.5 Å². The van der Waals surface area contributed by atoms with Gasteiger partial charge < -0.3 is 0 Å². The first kappa shape index (κ1) is 18.6. The van der Waals surface area contributed by atoms with Gasteiger partial charge in [0.2, 0.25) is 0 Å². The summed E-state index contributed by atoms with van der Waals surface area (Å²) in [6, 6.07) is 0. The fraction of sp³-hybridized carbons (Fsp3) is 0.714. The molecule has 0 spiro atoms. The molecule has 1 rings (SSSR count). The summed E-state index contributed by atoms with van der Waals surface area (Å²) in [6.07, 6.45) is 0. The van der Waals surface area contributed by atoms with Crippen molar-refractivity contribution >= 4 is 46.4 Å². The van der Waals surface area contributed by atoms with Gasteiger partial charge in [-0.05, 0) is 0 Å². The SMILES string of the molecule is CC(C)(C)C(=O)CSc1nnc(SCC(=O)C(C)(C)C)s1. The number of carbonyl (C=O) groups excluding carboxylic acids is 2. The van der Waals surface area contributed by atoms with E-state index in [-0.39, 0.29) is 22.4 Å². The van der Waals surface area contributed by atoms with E-state index in [0.29, 0.717) is 11.5 Å². The molecule has 4 nitrogen and oxygen atoms in total. The van der Waals surface area contributed by atoms with Crippen molar-refractivity contribution in [1.82, 2.24) is 10.2 Å². The highest BCUT2D eigenvalue weighted by atomic mass is 32.2. The minimum absolute atomic E-state index is 0.194. The third-order valence-electron chi connectivity index (χ3n) is 2.71. The first-order valence-electron chi connectivity index (χ1n) is 6.66. The van der Waals surface area contributed by atoms with E-state index in [1.807, 2.05) is 41.5 Å². The number of hydrogen-bond donors (Lipinski definition) is 0. The molecule has 0 N–H and O–H groups in total. The standard InChI is InChI=1S/C14H22N2O2S3/c1-13(2,3)9(17)7-19-11-15-16-12(21-11)20-8-10(18)14(4,5)6/h7-8H2,1-6H3. The van der Waals surface area contributed by atoms with Crippen LogP contribution in [-0.4, -0.2) is 33.3 Å². The van der Waals surface area contributed by atoms with E-state index < -0.39 is 0 Å². The minimum atomic E-state index is -0.325. The second kappa shape index (κ2) is 7.24. The predicted molar refractivity (Wildman–Crippen MR) is 90.3 cm³/mol. The molecule has 1 heterocycles. The lowest BCUT2D eigenvalue weighted by Crippen LogP contribution is -2.21. The van der Waals surface area contributed by atoms with Crippen molar-refractivity contribution in [3.63, 3.8) is 0 Å². The molecule has 0 unspecified atom stereocenters. The third-order valence-corrected chi connectivity index (χ3v) is 5.90. The molecule has 0 aliphatic heterocycles. The van der Waals surface area contributed by atoms with Crippen LogP contribution in [0, 0.1) is 10.8 Å². The van der Waals surface area contributed by atoms with Crippen LogP contribution in [0.5, 0.6) is 0 Å². The summed E-state index contributed by atoms with van der Waals surface area (Å²) in [5, 5.41) is 8.11. The lowest BCUT2D eigenvalue weighted by atomic mass is 9.92. The Hall–Kier alpha value is -0.400. The number of Topliss-reactive ketones (excluding diaryl/α,β-unsaturated/α-hetero) is 2. The van der Waals surface area contributed by atoms with Crippen LogP contribution in [0.1, 0.15) is 41.5 Å². The van der Waals surface area contributed by atoms with E-state index in [4.69, 9.17) is 0 Å². The zero-order valence-electron chi connectivity index (χ0n) is 13.3. The summed E-state index contributed by atoms with van der Waals surface area (Å²) < 4.78 is 1.55. The minimum Gasteiger partial charge on any atom is -0.298 e. The summed E-state index contributed by atoms with van der Waals surface area (Å²) in [7, 11) is 0. The number of hydrogen-bond acceptors (Lipinski definition) is 7. The van der Waals surface area contributed by atoms with Gasteiger partial charge in [0.1, 0.15) is 11.6 Å². The Bertz CT molecular complexity index is 469. The van der Waals surface area contributed by atoms with E-state index in [1.165, 1.54) is 34.9 Å². The number of nitrogens with zero attached hydrogens (tertiary/aromatic N) is 2. The molecule has 0 aliphatic carbocycles. The van der Waals surface area contributed by atoms with E-state index in [0.717, 1.165) is 8.68 Å². The van der Waals surface area contributed by atoms with Crippen LogP contribution >= 0.6 is 34.9 Å². The van der Waals surface area contributed by atoms with Crippen molar-refractivity contribution < 1.29 is 9.59 Å². The lowest BCUT2D eigenvalue weighted by molar-refractivity contribution is -0.124. The van der Waals surface area contributed by atoms with Crippen LogP contribution in [0.3, 0.4) is 0 Å². The monoisotopic (exact) mass is 346 g/mol. The number of carbonyl (C=O) groups is 2. The Kier molecular flexibility index (Phi) is 6.43. The molecule has 118 valence electrons. The molecule has 7 heteroatoms. The Morgan fingerprint density at radius 1 is 0.857 bits per heavy atom. The summed E-state index contributed by atoms with van der Waals surface area (Å²) >= 11 is 4.26. The molecular formula is C14H22N2O2S3. The van der Waals surface area contributed by atoms with Crippen LogP contribution in [0.4, 0.5) is 0 Å². The number of rotatable bonds is 6. The zero-order valence-corrected chi connectivity index (χ0v) is 15.8. The van der Waals surface area contributed by atoms with Gasteiger partial charge in [0.25, 0.3) is 0 Å². The zero-order chi connectivity index (χ0) is 16.3. The van der Waals surface area contributed by atoms with E-state index in [9.17, 15) is 9.59 Å². The van der Waals surface area contributed by atoms with E-state index >= 15 is 0 Å². The van der Waals surface area contributed by atoms with Gasteiger partial charge in [-0.15, -0.1) is 10.2 Å². The topological polar surface area (TPSA) is 59.9 Å². The van der Waals surface area contributed by atoms with Crippen molar-refractivity contribution in [2.45, 2.75) is 50.2 Å². The molecule has 1 aromatic heterocycles. The lowest BCUT2D eigenvalue weighted by Gasteiger charge is -2.15. The van der Waals surface area contributed by atoms with Gasteiger partial charge in [-0.25, -0.2) is 0 Å². The molecule has 1 aromatic rings. The van der Waals surface area contributed by atoms with Gasteiger partial charge in [-0.2, -0.15) is 0 Å². The molecule has 0 aliphatic rings. The highest BCUT2D eigenvalue weighted by Gasteiger charge is 2.23. The molecule has 0 bridgehead atoms. The average Bonchev–Trinajstić information content (AvgIpc) is 2.78. The highest BCUT2D eigenvalue weighted by molar-refractivity contribution is 8.03. The second-order valence-electron chi connectivity index (χ2n) is 6.76. The van der Waals surface area contributed by atoms with Crippen molar-refractivity contribution in [2.24, 2.45) is 10.8 Å². The summed E-state index contributed by atoms with van der Waals surface area (Å²) in [4.78, 5) is 23.7. The van der Waals surface area contributed by atoms with Crippen molar-refractivity contribution in [3.05, 3.63) is 0 Å². The number of thioether (sulfide) groups is 2. The molecule has 0 atom stereocenters. The molecule has 0 amide bonds. The van der Waals surface area contributed by atoms with Crippen LogP contribution in [-0.2, 0) is 9.59 Å². The van der Waals surface area contributed by atoms with Gasteiger partial charge in [0, 0.05) is 10.8 Å². The van der Waals surface area contributed by atoms with E-state index in [1.54, 1.807) is 0 Å². The highest BCUT2D eigenvalue weighted by Crippen LogP contribution is 2.31. The Balaban J connectivity index is 2.47. The maximum atomic E-state index is 11.9. The molecule has 0 saturated heterocycles. The van der Waals surface area contributed by atoms with Gasteiger partial charge >= 0.3 is 0 Å². The van der Waals surface area contributed by atoms with Crippen LogP contribution in [0.2, 0.25) is 0 Å². The fourth-order valence-electron chi connectivity index (χ4n) is 1.00. The van der Waals surface area contributed by atoms with Gasteiger partial charge in [0.15, 0.2) is 8.68 Å². The molecule has 0 fully saturated rings. The van der Waals surface area contributed by atoms with Gasteiger partial charge in [0.05, 0.1) is 11.5 Å². The molecule has 0 aromatic carbocycles. The third kappa shape index (κ3) is 6.48. The maximum Gasteiger partial charge on any atom is 0.175 e. The first-order valence-corrected chi connectivity index (χ1v) is 9.44. The summed E-state index contributed by atoms with van der Waals surface area (Å²) in [5.74, 6) is 1.20. The van der Waals surface area contributed by atoms with Crippen LogP contribution < -0.4 is 0 Å². The molecule has 21 heavy (non-hydrogen) atoms. The van der Waals surface area contributed by atoms with Crippen LogP contribution in [0.15, 0.2) is 8.68 Å². The Morgan fingerprint density at radius 3 is 1.48 bits per heavy atom. The van der Waals surface area contributed by atoms with E-state index in [2.05, 4.69) is 10.2 Å². The quantitative estimate of drug-likeness (QED) is 0.727. The van der Waals surface area contributed by atoms with Crippen molar-refractivity contribution in [3.8, 4) is 0 Å². The largest absolute Gasteiger partial charge is 0.298 e. The number of ketones is 2. The number of aromatic nitrogens is 2. The molecule has 0 radical (unpaired) electrons. The van der Waals surface area contributed by atoms with Crippen LogP contribution in [0.25, 0.3) is 0 Å². The Morgan fingerprint density at radius 2 is 1.19 bits per heavy atom. The molecule has 0 saturated carbocycles. The Labute approximate surface area is 138 Å². The fourth-order valence-corrected chi connectivity index (χ4v) is 4.34. The second-order valence-corrected chi connectivity index (χ2v) is 10.2. The maximum absolute atomic E-state index is 11.9. The summed E-state index contributed by atoms with van der Waals surface area (Å²) in [5.41, 5.74) is -0.650. The van der Waals surface area contributed by atoms with Gasteiger partial charge in [-0.1, -0.05) is 76.4 Å². The predicted octanol–water partition coefficient (Wildman–Crippen LogP) is 3.95. The summed E-state index contributed by atoms with van der Waals surface area (Å²) in [6.45, 7) is 11.5. The smallest absolute Gasteiger partial charge is 0.175 e. The molecular weight excluding hydrogens is 324 g/mol.